The van der Waals surface area contributed by atoms with Crippen molar-refractivity contribution < 1.29 is 0 Å². The molecule has 0 spiro atoms. The van der Waals surface area contributed by atoms with E-state index in [0.717, 1.165) is 13.3 Å². The first-order valence-electron chi connectivity index (χ1n) is 6.20. The second kappa shape index (κ2) is 8.39. The molecule has 1 heterocycles. The third-order valence-corrected chi connectivity index (χ3v) is 3.21. The van der Waals surface area contributed by atoms with Crippen molar-refractivity contribution >= 4 is 12.6 Å². The van der Waals surface area contributed by atoms with E-state index in [1.807, 2.05) is 0 Å². The van der Waals surface area contributed by atoms with Crippen molar-refractivity contribution in [3.8, 4) is 0 Å². The Morgan fingerprint density at radius 3 is 2.33 bits per heavy atom. The van der Waals surface area contributed by atoms with Gasteiger partial charge in [-0.25, -0.2) is 0 Å². The maximum absolute atomic E-state index is 4.30. The van der Waals surface area contributed by atoms with Crippen molar-refractivity contribution in [3.63, 3.8) is 0 Å². The van der Waals surface area contributed by atoms with Crippen LogP contribution in [0.4, 0.5) is 0 Å². The van der Waals surface area contributed by atoms with Gasteiger partial charge in [0.2, 0.25) is 0 Å². The van der Waals surface area contributed by atoms with Crippen LogP contribution in [0.1, 0.15) is 45.4 Å². The molecule has 1 aliphatic heterocycles. The molecule has 0 radical (unpaired) electrons. The summed E-state index contributed by atoms with van der Waals surface area (Å²) in [6.45, 7) is 5.40. The lowest BCUT2D eigenvalue weighted by Gasteiger charge is -2.31. The molecule has 4 heteroatoms. The number of hydrogen-bond acceptors (Lipinski definition) is 4. The summed E-state index contributed by atoms with van der Waals surface area (Å²) in [7, 11) is 0. The number of nitrogens with one attached hydrogen (secondary N) is 2. The molecule has 0 aliphatic carbocycles. The van der Waals surface area contributed by atoms with Gasteiger partial charge in [0.15, 0.2) is 0 Å². The summed E-state index contributed by atoms with van der Waals surface area (Å²) >= 11 is 4.30. The maximum atomic E-state index is 4.30. The Morgan fingerprint density at radius 2 is 1.67 bits per heavy atom. The molecule has 0 aromatic carbocycles. The predicted octanol–water partition coefficient (Wildman–Crippen LogP) is 1.97. The topological polar surface area (TPSA) is 27.3 Å². The minimum atomic E-state index is 0.172. The van der Waals surface area contributed by atoms with Gasteiger partial charge in [-0.1, -0.05) is 39.0 Å². The van der Waals surface area contributed by atoms with E-state index in [2.05, 4.69) is 35.1 Å². The van der Waals surface area contributed by atoms with Gasteiger partial charge in [-0.2, -0.15) is 0 Å². The fourth-order valence-electron chi connectivity index (χ4n) is 1.83. The SMILES string of the molecule is CCCCCCCCN1CNC(S)NC1. The Balaban J connectivity index is 1.87. The van der Waals surface area contributed by atoms with Crippen LogP contribution in [0, 0.1) is 0 Å². The van der Waals surface area contributed by atoms with Crippen molar-refractivity contribution in [3.05, 3.63) is 0 Å². The second-order valence-electron chi connectivity index (χ2n) is 4.29. The number of hydrogen-bond donors (Lipinski definition) is 3. The van der Waals surface area contributed by atoms with E-state index in [9.17, 15) is 0 Å². The van der Waals surface area contributed by atoms with Crippen molar-refractivity contribution in [2.75, 3.05) is 19.9 Å². The summed E-state index contributed by atoms with van der Waals surface area (Å²) < 4.78 is 0. The van der Waals surface area contributed by atoms with Crippen molar-refractivity contribution in [1.29, 1.82) is 0 Å². The van der Waals surface area contributed by atoms with Crippen molar-refractivity contribution in [2.45, 2.75) is 50.9 Å². The number of nitrogens with zero attached hydrogens (tertiary/aromatic N) is 1. The van der Waals surface area contributed by atoms with Crippen LogP contribution in [-0.2, 0) is 0 Å². The average molecular weight is 231 g/mol. The van der Waals surface area contributed by atoms with Gasteiger partial charge >= 0.3 is 0 Å². The van der Waals surface area contributed by atoms with Gasteiger partial charge in [-0.15, -0.1) is 12.6 Å². The Bertz CT molecular complexity index is 147. The molecule has 1 rings (SSSR count). The minimum Gasteiger partial charge on any atom is -0.281 e. The Morgan fingerprint density at radius 1 is 1.07 bits per heavy atom. The van der Waals surface area contributed by atoms with Gasteiger partial charge in [-0.05, 0) is 6.42 Å². The van der Waals surface area contributed by atoms with Crippen LogP contribution >= 0.6 is 12.6 Å². The predicted molar refractivity (Wildman–Crippen MR) is 68.9 cm³/mol. The molecule has 15 heavy (non-hydrogen) atoms. The number of thiol groups is 1. The average Bonchev–Trinajstić information content (AvgIpc) is 2.26. The van der Waals surface area contributed by atoms with Crippen LogP contribution in [0.5, 0.6) is 0 Å². The van der Waals surface area contributed by atoms with Gasteiger partial charge in [0.1, 0.15) is 5.50 Å². The minimum absolute atomic E-state index is 0.172. The molecule has 2 N–H and O–H groups in total. The van der Waals surface area contributed by atoms with Crippen molar-refractivity contribution in [2.24, 2.45) is 0 Å². The Kier molecular flexibility index (Phi) is 7.44. The first-order valence-corrected chi connectivity index (χ1v) is 6.71. The van der Waals surface area contributed by atoms with E-state index < -0.39 is 0 Å². The Hall–Kier alpha value is 0.230. The third kappa shape index (κ3) is 6.40. The lowest BCUT2D eigenvalue weighted by atomic mass is 10.1. The highest BCUT2D eigenvalue weighted by Crippen LogP contribution is 2.06. The standard InChI is InChI=1S/C11H25N3S/c1-2-3-4-5-6-7-8-14-9-12-11(15)13-10-14/h11-13,15H,2-10H2,1H3. The summed E-state index contributed by atoms with van der Waals surface area (Å²) in [6.07, 6.45) is 8.24. The second-order valence-corrected chi connectivity index (χ2v) is 4.81. The lowest BCUT2D eigenvalue weighted by molar-refractivity contribution is 0.179. The van der Waals surface area contributed by atoms with Gasteiger partial charge in [0.05, 0.1) is 13.3 Å². The number of rotatable bonds is 7. The van der Waals surface area contributed by atoms with E-state index in [0.29, 0.717) is 0 Å². The summed E-state index contributed by atoms with van der Waals surface area (Å²) in [6, 6.07) is 0. The molecular formula is C11H25N3S. The fraction of sp³-hybridized carbons (Fsp3) is 1.00. The first kappa shape index (κ1) is 13.3. The van der Waals surface area contributed by atoms with Crippen LogP contribution < -0.4 is 10.6 Å². The van der Waals surface area contributed by atoms with Crippen molar-refractivity contribution in [1.82, 2.24) is 15.5 Å². The van der Waals surface area contributed by atoms with E-state index >= 15 is 0 Å². The van der Waals surface area contributed by atoms with Crippen LogP contribution in [0.15, 0.2) is 0 Å². The largest absolute Gasteiger partial charge is 0.281 e. The highest BCUT2D eigenvalue weighted by Gasteiger charge is 2.12. The summed E-state index contributed by atoms with van der Waals surface area (Å²) in [5, 5.41) is 6.54. The highest BCUT2D eigenvalue weighted by atomic mass is 32.1. The molecule has 0 saturated carbocycles. The zero-order chi connectivity index (χ0) is 10.9. The van der Waals surface area contributed by atoms with Crippen LogP contribution in [0.25, 0.3) is 0 Å². The van der Waals surface area contributed by atoms with Crippen LogP contribution in [0.2, 0.25) is 0 Å². The summed E-state index contributed by atoms with van der Waals surface area (Å²) in [5.41, 5.74) is 0.172. The van der Waals surface area contributed by atoms with E-state index in [-0.39, 0.29) is 5.50 Å². The number of unbranched alkanes of at least 4 members (excludes halogenated alkanes) is 5. The normalized spacial score (nSPS) is 19.6. The molecule has 3 nitrogen and oxygen atoms in total. The quantitative estimate of drug-likeness (QED) is 0.462. The molecule has 90 valence electrons. The smallest absolute Gasteiger partial charge is 0.105 e. The summed E-state index contributed by atoms with van der Waals surface area (Å²) in [5.74, 6) is 0. The summed E-state index contributed by atoms with van der Waals surface area (Å²) in [4.78, 5) is 2.40. The molecule has 0 aromatic heterocycles. The maximum Gasteiger partial charge on any atom is 0.105 e. The molecule has 0 bridgehead atoms. The molecular weight excluding hydrogens is 206 g/mol. The molecule has 0 unspecified atom stereocenters. The molecule has 0 atom stereocenters. The molecule has 1 aliphatic rings. The first-order chi connectivity index (χ1) is 7.33. The van der Waals surface area contributed by atoms with Gasteiger partial charge in [-0.3, -0.25) is 15.5 Å². The van der Waals surface area contributed by atoms with Gasteiger partial charge in [0, 0.05) is 6.54 Å². The van der Waals surface area contributed by atoms with Gasteiger partial charge < -0.3 is 0 Å². The molecule has 1 saturated heterocycles. The third-order valence-electron chi connectivity index (χ3n) is 2.84. The molecule has 1 fully saturated rings. The zero-order valence-corrected chi connectivity index (χ0v) is 10.7. The Labute approximate surface area is 99.4 Å². The highest BCUT2D eigenvalue weighted by molar-refractivity contribution is 7.80. The monoisotopic (exact) mass is 231 g/mol. The zero-order valence-electron chi connectivity index (χ0n) is 9.84. The van der Waals surface area contributed by atoms with Crippen LogP contribution in [0.3, 0.4) is 0 Å². The molecule has 0 amide bonds. The molecule has 0 aromatic rings. The lowest BCUT2D eigenvalue weighted by Crippen LogP contribution is -2.55. The van der Waals surface area contributed by atoms with E-state index in [1.165, 1.54) is 45.1 Å². The van der Waals surface area contributed by atoms with Crippen LogP contribution in [-0.4, -0.2) is 30.3 Å². The van der Waals surface area contributed by atoms with Gasteiger partial charge in [0.25, 0.3) is 0 Å². The fourth-order valence-corrected chi connectivity index (χ4v) is 2.00. The van der Waals surface area contributed by atoms with E-state index in [1.54, 1.807) is 0 Å². The van der Waals surface area contributed by atoms with E-state index in [4.69, 9.17) is 0 Å².